The summed E-state index contributed by atoms with van der Waals surface area (Å²) >= 11 is 1.74. The molecule has 2 heterocycles. The van der Waals surface area contributed by atoms with Crippen LogP contribution in [0.2, 0.25) is 0 Å². The Kier molecular flexibility index (Phi) is 3.71. The van der Waals surface area contributed by atoms with Crippen molar-refractivity contribution in [2.75, 3.05) is 0 Å². The van der Waals surface area contributed by atoms with E-state index in [1.807, 2.05) is 13.8 Å². The van der Waals surface area contributed by atoms with Gasteiger partial charge in [-0.3, -0.25) is 0 Å². The molecule has 0 atom stereocenters. The molecule has 4 heteroatoms. The van der Waals surface area contributed by atoms with E-state index in [2.05, 4.69) is 24.7 Å². The Labute approximate surface area is 116 Å². The number of cyclic esters (lactones) is 2. The summed E-state index contributed by atoms with van der Waals surface area (Å²) in [7, 11) is 0. The minimum atomic E-state index is -0.536. The van der Waals surface area contributed by atoms with E-state index in [-0.39, 0.29) is 0 Å². The minimum absolute atomic E-state index is 0.397. The van der Waals surface area contributed by atoms with Gasteiger partial charge in [-0.15, -0.1) is 11.3 Å². The molecule has 0 aromatic carbocycles. The van der Waals surface area contributed by atoms with Crippen LogP contribution < -0.4 is 0 Å². The Morgan fingerprint density at radius 1 is 1.26 bits per heavy atom. The first-order valence-electron chi connectivity index (χ1n) is 6.10. The number of thiophene rings is 1. The number of aryl methyl sites for hydroxylation is 2. The van der Waals surface area contributed by atoms with Gasteiger partial charge in [0, 0.05) is 9.75 Å². The quantitative estimate of drug-likeness (QED) is 0.473. The van der Waals surface area contributed by atoms with Crippen molar-refractivity contribution in [3.05, 3.63) is 44.2 Å². The lowest BCUT2D eigenvalue weighted by atomic mass is 10.0. The van der Waals surface area contributed by atoms with Gasteiger partial charge in [0.05, 0.1) is 11.1 Å². The summed E-state index contributed by atoms with van der Waals surface area (Å²) in [4.78, 5) is 25.7. The molecule has 1 aromatic rings. The summed E-state index contributed by atoms with van der Waals surface area (Å²) in [5.74, 6) is -1.07. The summed E-state index contributed by atoms with van der Waals surface area (Å²) in [6.07, 6.45) is 2.44. The first-order chi connectivity index (χ1) is 8.90. The fourth-order valence-corrected chi connectivity index (χ4v) is 3.12. The van der Waals surface area contributed by atoms with Gasteiger partial charge in [0.1, 0.15) is 0 Å². The third-order valence-corrected chi connectivity index (χ3v) is 4.06. The molecule has 1 fully saturated rings. The zero-order valence-corrected chi connectivity index (χ0v) is 12.3. The molecule has 1 aliphatic rings. The lowest BCUT2D eigenvalue weighted by Gasteiger charge is -1.98. The topological polar surface area (TPSA) is 43.4 Å². The lowest BCUT2D eigenvalue weighted by molar-refractivity contribution is -0.149. The number of carbonyl (C=O) groups is 2. The molecular weight excluding hydrogens is 260 g/mol. The van der Waals surface area contributed by atoms with Crippen molar-refractivity contribution in [2.45, 2.75) is 34.1 Å². The Hall–Kier alpha value is -1.68. The van der Waals surface area contributed by atoms with Crippen molar-refractivity contribution >= 4 is 23.3 Å². The fraction of sp³-hybridized carbons (Fsp3) is 0.333. The predicted octanol–water partition coefficient (Wildman–Crippen LogP) is 3.25. The monoisotopic (exact) mass is 276 g/mol. The van der Waals surface area contributed by atoms with Gasteiger partial charge >= 0.3 is 11.9 Å². The van der Waals surface area contributed by atoms with Crippen molar-refractivity contribution in [1.29, 1.82) is 0 Å². The second kappa shape index (κ2) is 5.13. The van der Waals surface area contributed by atoms with Crippen molar-refractivity contribution < 1.29 is 14.3 Å². The van der Waals surface area contributed by atoms with E-state index in [0.29, 0.717) is 17.6 Å². The van der Waals surface area contributed by atoms with Crippen LogP contribution in [0, 0.1) is 13.8 Å². The second-order valence-corrected chi connectivity index (χ2v) is 6.27. The highest BCUT2D eigenvalue weighted by Crippen LogP contribution is 2.27. The van der Waals surface area contributed by atoms with E-state index in [4.69, 9.17) is 0 Å². The first kappa shape index (κ1) is 13.7. The molecule has 0 unspecified atom stereocenters. The Bertz CT molecular complexity index is 613. The van der Waals surface area contributed by atoms with Crippen LogP contribution in [-0.2, 0) is 20.7 Å². The van der Waals surface area contributed by atoms with E-state index in [0.717, 1.165) is 5.57 Å². The molecule has 19 heavy (non-hydrogen) atoms. The van der Waals surface area contributed by atoms with Crippen molar-refractivity contribution in [3.63, 3.8) is 0 Å². The van der Waals surface area contributed by atoms with Crippen molar-refractivity contribution in [3.8, 4) is 0 Å². The summed E-state index contributed by atoms with van der Waals surface area (Å²) in [5.41, 5.74) is 2.80. The highest BCUT2D eigenvalue weighted by Gasteiger charge is 2.33. The standard InChI is InChI=1S/C15H16O3S/c1-8(2)13-12(14(16)18-15(13)17)6-5-11-7-9(3)19-10(11)4/h6-7H,5H2,1-4H3. The maximum Gasteiger partial charge on any atom is 0.346 e. The molecule has 0 bridgehead atoms. The molecule has 0 radical (unpaired) electrons. The highest BCUT2D eigenvalue weighted by molar-refractivity contribution is 7.12. The van der Waals surface area contributed by atoms with Crippen LogP contribution in [-0.4, -0.2) is 11.9 Å². The average molecular weight is 276 g/mol. The van der Waals surface area contributed by atoms with Gasteiger partial charge in [-0.05, 0) is 45.7 Å². The predicted molar refractivity (Wildman–Crippen MR) is 75.1 cm³/mol. The Morgan fingerprint density at radius 2 is 1.95 bits per heavy atom. The molecular formula is C15H16O3S. The number of ether oxygens (including phenoxy) is 1. The maximum atomic E-state index is 11.7. The van der Waals surface area contributed by atoms with Crippen LogP contribution in [0.15, 0.2) is 28.9 Å². The SMILES string of the molecule is CC(C)=C1C(=O)OC(=O)C1=CCc1cc(C)sc1C. The van der Waals surface area contributed by atoms with Gasteiger partial charge in [0.25, 0.3) is 0 Å². The number of rotatable bonds is 2. The van der Waals surface area contributed by atoms with Crippen LogP contribution in [0.4, 0.5) is 0 Å². The molecule has 1 aliphatic heterocycles. The van der Waals surface area contributed by atoms with Crippen molar-refractivity contribution in [2.24, 2.45) is 0 Å². The highest BCUT2D eigenvalue weighted by atomic mass is 32.1. The van der Waals surface area contributed by atoms with Crippen LogP contribution in [0.3, 0.4) is 0 Å². The van der Waals surface area contributed by atoms with Crippen LogP contribution >= 0.6 is 11.3 Å². The smallest absolute Gasteiger partial charge is 0.346 e. The van der Waals surface area contributed by atoms with Gasteiger partial charge < -0.3 is 4.74 Å². The maximum absolute atomic E-state index is 11.7. The van der Waals surface area contributed by atoms with Gasteiger partial charge in [0.2, 0.25) is 0 Å². The summed E-state index contributed by atoms with van der Waals surface area (Å²) in [6, 6.07) is 2.11. The van der Waals surface area contributed by atoms with Gasteiger partial charge in [-0.2, -0.15) is 0 Å². The first-order valence-corrected chi connectivity index (χ1v) is 6.92. The Balaban J connectivity index is 2.32. The molecule has 100 valence electrons. The largest absolute Gasteiger partial charge is 0.386 e. The number of hydrogen-bond donors (Lipinski definition) is 0. The van der Waals surface area contributed by atoms with E-state index in [1.54, 1.807) is 17.4 Å². The third kappa shape index (κ3) is 2.68. The van der Waals surface area contributed by atoms with Crippen molar-refractivity contribution in [1.82, 2.24) is 0 Å². The number of allylic oxidation sites excluding steroid dienone is 2. The van der Waals surface area contributed by atoms with E-state index < -0.39 is 11.9 Å². The summed E-state index contributed by atoms with van der Waals surface area (Å²) in [5, 5.41) is 0. The molecule has 0 aliphatic carbocycles. The lowest BCUT2D eigenvalue weighted by Crippen LogP contribution is -1.97. The number of esters is 2. The molecule has 0 saturated carbocycles. The fourth-order valence-electron chi connectivity index (χ4n) is 2.16. The van der Waals surface area contributed by atoms with Gasteiger partial charge in [-0.1, -0.05) is 11.6 Å². The molecule has 1 aromatic heterocycles. The molecule has 1 saturated heterocycles. The zero-order chi connectivity index (χ0) is 14.2. The average Bonchev–Trinajstić information content (AvgIpc) is 2.75. The van der Waals surface area contributed by atoms with Gasteiger partial charge in [0.15, 0.2) is 0 Å². The van der Waals surface area contributed by atoms with Gasteiger partial charge in [-0.25, -0.2) is 9.59 Å². The molecule has 0 spiro atoms. The minimum Gasteiger partial charge on any atom is -0.386 e. The summed E-state index contributed by atoms with van der Waals surface area (Å²) in [6.45, 7) is 7.74. The zero-order valence-electron chi connectivity index (χ0n) is 11.5. The number of carbonyl (C=O) groups excluding carboxylic acids is 2. The van der Waals surface area contributed by atoms with Crippen LogP contribution in [0.25, 0.3) is 0 Å². The van der Waals surface area contributed by atoms with Crippen LogP contribution in [0.1, 0.15) is 29.2 Å². The summed E-state index contributed by atoms with van der Waals surface area (Å²) < 4.78 is 4.67. The molecule has 0 N–H and O–H groups in total. The second-order valence-electron chi connectivity index (χ2n) is 4.81. The van der Waals surface area contributed by atoms with E-state index in [9.17, 15) is 9.59 Å². The third-order valence-electron chi connectivity index (χ3n) is 3.05. The molecule has 3 nitrogen and oxygen atoms in total. The normalized spacial score (nSPS) is 17.3. The van der Waals surface area contributed by atoms with E-state index in [1.165, 1.54) is 15.3 Å². The number of hydrogen-bond acceptors (Lipinski definition) is 4. The molecule has 2 rings (SSSR count). The Morgan fingerprint density at radius 3 is 2.47 bits per heavy atom. The van der Waals surface area contributed by atoms with E-state index >= 15 is 0 Å². The molecule has 0 amide bonds. The van der Waals surface area contributed by atoms with Crippen LogP contribution in [0.5, 0.6) is 0 Å².